The third-order valence-corrected chi connectivity index (χ3v) is 4.03. The summed E-state index contributed by atoms with van der Waals surface area (Å²) in [6.45, 7) is 14.0. The van der Waals surface area contributed by atoms with Gasteiger partial charge in [-0.15, -0.1) is 0 Å². The van der Waals surface area contributed by atoms with Crippen LogP contribution in [0.2, 0.25) is 0 Å². The van der Waals surface area contributed by atoms with Crippen LogP contribution in [0.4, 0.5) is 4.39 Å². The van der Waals surface area contributed by atoms with E-state index in [1.807, 2.05) is 6.08 Å². The van der Waals surface area contributed by atoms with Crippen LogP contribution in [-0.4, -0.2) is 5.67 Å². The lowest BCUT2D eigenvalue weighted by atomic mass is 9.72. The molecule has 1 atom stereocenters. The fourth-order valence-electron chi connectivity index (χ4n) is 2.01. The Kier molecular flexibility index (Phi) is 3.14. The van der Waals surface area contributed by atoms with Crippen molar-refractivity contribution in [2.45, 2.75) is 53.1 Å². The predicted octanol–water partition coefficient (Wildman–Crippen LogP) is 4.67. The maximum Gasteiger partial charge on any atom is 0.126 e. The zero-order valence-corrected chi connectivity index (χ0v) is 10.7. The van der Waals surface area contributed by atoms with E-state index in [1.165, 1.54) is 5.57 Å². The van der Waals surface area contributed by atoms with Gasteiger partial charge in [-0.3, -0.25) is 0 Å². The second kappa shape index (κ2) is 3.77. The number of hydrogen-bond acceptors (Lipinski definition) is 0. The van der Waals surface area contributed by atoms with Crippen molar-refractivity contribution in [3.05, 3.63) is 23.8 Å². The molecule has 86 valence electrons. The Balaban J connectivity index is 2.98. The molecule has 0 saturated heterocycles. The Morgan fingerprint density at radius 1 is 1.47 bits per heavy atom. The number of allylic oxidation sites excluding steroid dienone is 3. The van der Waals surface area contributed by atoms with E-state index in [2.05, 4.69) is 27.4 Å². The third-order valence-electron chi connectivity index (χ3n) is 4.03. The fraction of sp³-hybridized carbons (Fsp3) is 0.714. The van der Waals surface area contributed by atoms with Gasteiger partial charge in [0.2, 0.25) is 0 Å². The molecule has 1 rings (SSSR count). The molecule has 0 nitrogen and oxygen atoms in total. The molecule has 0 aromatic heterocycles. The van der Waals surface area contributed by atoms with Gasteiger partial charge < -0.3 is 0 Å². The lowest BCUT2D eigenvalue weighted by molar-refractivity contribution is 0.231. The van der Waals surface area contributed by atoms with E-state index in [0.717, 1.165) is 18.4 Å². The van der Waals surface area contributed by atoms with E-state index in [9.17, 15) is 4.39 Å². The van der Waals surface area contributed by atoms with Crippen LogP contribution in [0, 0.1) is 11.3 Å². The SMILES string of the molecule is C=C1CC=C(C(C)(C)F)CC(C)C1(C)C. The van der Waals surface area contributed by atoms with E-state index in [4.69, 9.17) is 0 Å². The first-order chi connectivity index (χ1) is 6.65. The van der Waals surface area contributed by atoms with Crippen molar-refractivity contribution in [1.29, 1.82) is 0 Å². The molecule has 1 unspecified atom stereocenters. The molecule has 0 spiro atoms. The van der Waals surface area contributed by atoms with Crippen molar-refractivity contribution < 1.29 is 4.39 Å². The molecule has 0 aliphatic heterocycles. The van der Waals surface area contributed by atoms with Gasteiger partial charge in [0.1, 0.15) is 5.67 Å². The van der Waals surface area contributed by atoms with E-state index < -0.39 is 5.67 Å². The van der Waals surface area contributed by atoms with Crippen LogP contribution in [0.3, 0.4) is 0 Å². The average molecular weight is 210 g/mol. The van der Waals surface area contributed by atoms with Crippen molar-refractivity contribution >= 4 is 0 Å². The van der Waals surface area contributed by atoms with Gasteiger partial charge >= 0.3 is 0 Å². The molecule has 1 heteroatoms. The van der Waals surface area contributed by atoms with E-state index in [1.54, 1.807) is 13.8 Å². The van der Waals surface area contributed by atoms with Crippen molar-refractivity contribution in [1.82, 2.24) is 0 Å². The van der Waals surface area contributed by atoms with Crippen LogP contribution in [-0.2, 0) is 0 Å². The highest BCUT2D eigenvalue weighted by Gasteiger charge is 2.34. The van der Waals surface area contributed by atoms with Crippen molar-refractivity contribution in [3.63, 3.8) is 0 Å². The van der Waals surface area contributed by atoms with Crippen molar-refractivity contribution in [2.75, 3.05) is 0 Å². The molecule has 0 amide bonds. The minimum Gasteiger partial charge on any atom is -0.240 e. The van der Waals surface area contributed by atoms with E-state index in [-0.39, 0.29) is 5.41 Å². The fourth-order valence-corrected chi connectivity index (χ4v) is 2.01. The van der Waals surface area contributed by atoms with Crippen LogP contribution in [0.15, 0.2) is 23.8 Å². The third kappa shape index (κ3) is 2.50. The Bertz CT molecular complexity index is 289. The van der Waals surface area contributed by atoms with Crippen LogP contribution in [0.5, 0.6) is 0 Å². The first kappa shape index (κ1) is 12.5. The summed E-state index contributed by atoms with van der Waals surface area (Å²) in [5, 5.41) is 0. The summed E-state index contributed by atoms with van der Waals surface area (Å²) in [5.74, 6) is 0.453. The first-order valence-electron chi connectivity index (χ1n) is 5.72. The number of alkyl halides is 1. The molecule has 0 radical (unpaired) electrons. The molecule has 0 saturated carbocycles. The van der Waals surface area contributed by atoms with Crippen LogP contribution < -0.4 is 0 Å². The number of halogens is 1. The normalized spacial score (nSPS) is 27.2. The summed E-state index contributed by atoms with van der Waals surface area (Å²) in [6.07, 6.45) is 3.70. The quantitative estimate of drug-likeness (QED) is 0.551. The standard InChI is InChI=1S/C14H23F/c1-10-7-8-12(14(5,6)15)9-11(2)13(10,3)4/h8,11H,1,7,9H2,2-6H3. The predicted molar refractivity (Wildman–Crippen MR) is 64.6 cm³/mol. The van der Waals surface area contributed by atoms with Gasteiger partial charge in [-0.25, -0.2) is 4.39 Å². The van der Waals surface area contributed by atoms with Gasteiger partial charge in [0.15, 0.2) is 0 Å². The highest BCUT2D eigenvalue weighted by Crippen LogP contribution is 2.44. The van der Waals surface area contributed by atoms with Crippen molar-refractivity contribution in [2.24, 2.45) is 11.3 Å². The smallest absolute Gasteiger partial charge is 0.126 e. The zero-order chi connectivity index (χ0) is 11.9. The molecular weight excluding hydrogens is 187 g/mol. The van der Waals surface area contributed by atoms with E-state index >= 15 is 0 Å². The highest BCUT2D eigenvalue weighted by molar-refractivity contribution is 5.25. The topological polar surface area (TPSA) is 0 Å². The second-order valence-electron chi connectivity index (χ2n) is 5.84. The minimum atomic E-state index is -1.19. The molecule has 0 aromatic carbocycles. The minimum absolute atomic E-state index is 0.115. The maximum absolute atomic E-state index is 13.9. The first-order valence-corrected chi connectivity index (χ1v) is 5.72. The van der Waals surface area contributed by atoms with E-state index in [0.29, 0.717) is 5.92 Å². The molecule has 0 bridgehead atoms. The molecule has 1 aliphatic rings. The van der Waals surface area contributed by atoms with Gasteiger partial charge in [-0.05, 0) is 43.6 Å². The van der Waals surface area contributed by atoms with Gasteiger partial charge in [0, 0.05) is 0 Å². The molecule has 0 fully saturated rings. The van der Waals surface area contributed by atoms with Crippen molar-refractivity contribution in [3.8, 4) is 0 Å². The summed E-state index contributed by atoms with van der Waals surface area (Å²) in [6, 6.07) is 0. The van der Waals surface area contributed by atoms with Crippen LogP contribution in [0.25, 0.3) is 0 Å². The highest BCUT2D eigenvalue weighted by atomic mass is 19.1. The largest absolute Gasteiger partial charge is 0.240 e. The van der Waals surface area contributed by atoms with Crippen LogP contribution >= 0.6 is 0 Å². The Morgan fingerprint density at radius 2 is 2.00 bits per heavy atom. The molecule has 0 heterocycles. The zero-order valence-electron chi connectivity index (χ0n) is 10.7. The molecular formula is C14H23F. The van der Waals surface area contributed by atoms with Gasteiger partial charge in [-0.2, -0.15) is 0 Å². The van der Waals surface area contributed by atoms with Gasteiger partial charge in [0.05, 0.1) is 0 Å². The summed E-state index contributed by atoms with van der Waals surface area (Å²) in [7, 11) is 0. The molecule has 1 aliphatic carbocycles. The summed E-state index contributed by atoms with van der Waals surface area (Å²) >= 11 is 0. The summed E-state index contributed by atoms with van der Waals surface area (Å²) in [4.78, 5) is 0. The lowest BCUT2D eigenvalue weighted by Crippen LogP contribution is -2.25. The van der Waals surface area contributed by atoms with Gasteiger partial charge in [-0.1, -0.05) is 39.0 Å². The molecule has 0 aromatic rings. The monoisotopic (exact) mass is 210 g/mol. The Hall–Kier alpha value is -0.590. The molecule has 0 N–H and O–H groups in total. The maximum atomic E-state index is 13.9. The molecule has 15 heavy (non-hydrogen) atoms. The van der Waals surface area contributed by atoms with Crippen LogP contribution in [0.1, 0.15) is 47.5 Å². The average Bonchev–Trinajstić information content (AvgIpc) is 2.16. The Morgan fingerprint density at radius 3 is 2.47 bits per heavy atom. The number of rotatable bonds is 1. The summed E-state index contributed by atoms with van der Waals surface area (Å²) < 4.78 is 13.9. The second-order valence-corrected chi connectivity index (χ2v) is 5.84. The number of hydrogen-bond donors (Lipinski definition) is 0. The summed E-state index contributed by atoms with van der Waals surface area (Å²) in [5.41, 5.74) is 1.08. The Labute approximate surface area is 93.3 Å². The van der Waals surface area contributed by atoms with Gasteiger partial charge in [0.25, 0.3) is 0 Å². The lowest BCUT2D eigenvalue weighted by Gasteiger charge is -2.33.